The normalized spacial score (nSPS) is 21.6. The summed E-state index contributed by atoms with van der Waals surface area (Å²) in [5.74, 6) is -1.40. The van der Waals surface area contributed by atoms with Gasteiger partial charge in [-0.1, -0.05) is 0 Å². The highest BCUT2D eigenvalue weighted by molar-refractivity contribution is 6.14. The van der Waals surface area contributed by atoms with E-state index in [1.54, 1.807) is 6.92 Å². The Bertz CT molecular complexity index is 238. The van der Waals surface area contributed by atoms with Crippen molar-refractivity contribution in [3.63, 3.8) is 0 Å². The van der Waals surface area contributed by atoms with Gasteiger partial charge in [-0.2, -0.15) is 0 Å². The maximum Gasteiger partial charge on any atom is 0.338 e. The number of hydrogen-bond acceptors (Lipinski definition) is 4. The van der Waals surface area contributed by atoms with Crippen molar-refractivity contribution in [1.29, 1.82) is 0 Å². The number of carbonyl (C=O) groups excluding carboxylic acids is 3. The van der Waals surface area contributed by atoms with Crippen LogP contribution in [0.5, 0.6) is 0 Å². The Balaban J connectivity index is 2.58. The molecule has 1 atom stereocenters. The van der Waals surface area contributed by atoms with E-state index in [9.17, 15) is 14.4 Å². The van der Waals surface area contributed by atoms with Crippen LogP contribution in [0.1, 0.15) is 6.92 Å². The second-order valence-corrected chi connectivity index (χ2v) is 2.15. The van der Waals surface area contributed by atoms with Gasteiger partial charge in [-0.3, -0.25) is 10.1 Å². The molecule has 2 N–H and O–H groups in total. The number of rotatable bonds is 2. The third-order valence-corrected chi connectivity index (χ3v) is 1.30. The summed E-state index contributed by atoms with van der Waals surface area (Å²) in [5, 5.41) is 4.03. The molecule has 1 rings (SSSR count). The first-order chi connectivity index (χ1) is 5.65. The molecule has 0 aromatic rings. The second-order valence-electron chi connectivity index (χ2n) is 2.15. The van der Waals surface area contributed by atoms with E-state index in [1.807, 2.05) is 5.32 Å². The van der Waals surface area contributed by atoms with Crippen molar-refractivity contribution in [2.24, 2.45) is 0 Å². The molecule has 0 saturated carbocycles. The summed E-state index contributed by atoms with van der Waals surface area (Å²) in [6.45, 7) is 1.80. The molecule has 1 fully saturated rings. The van der Waals surface area contributed by atoms with Gasteiger partial charge in [0.05, 0.1) is 6.61 Å². The molecule has 0 spiro atoms. The van der Waals surface area contributed by atoms with E-state index in [-0.39, 0.29) is 6.61 Å². The zero-order chi connectivity index (χ0) is 9.14. The van der Waals surface area contributed by atoms with Crippen LogP contribution in [0.2, 0.25) is 0 Å². The van der Waals surface area contributed by atoms with Crippen molar-refractivity contribution < 1.29 is 19.1 Å². The summed E-state index contributed by atoms with van der Waals surface area (Å²) >= 11 is 0. The minimum atomic E-state index is -1.18. The molecule has 12 heavy (non-hydrogen) atoms. The third-order valence-electron chi connectivity index (χ3n) is 1.30. The number of carbonyl (C=O) groups is 3. The number of nitrogens with one attached hydrogen (secondary N) is 2. The van der Waals surface area contributed by atoms with E-state index in [1.165, 1.54) is 0 Å². The quantitative estimate of drug-likeness (QED) is 0.310. The van der Waals surface area contributed by atoms with Gasteiger partial charge >= 0.3 is 12.0 Å². The molecular weight excluding hydrogens is 164 g/mol. The lowest BCUT2D eigenvalue weighted by Gasteiger charge is -2.04. The Hall–Kier alpha value is -1.59. The van der Waals surface area contributed by atoms with Gasteiger partial charge < -0.3 is 10.1 Å². The van der Waals surface area contributed by atoms with E-state index >= 15 is 0 Å². The van der Waals surface area contributed by atoms with Gasteiger partial charge in [0, 0.05) is 0 Å². The van der Waals surface area contributed by atoms with Crippen molar-refractivity contribution in [3.05, 3.63) is 0 Å². The number of amides is 3. The molecule has 1 unspecified atom stereocenters. The first-order valence-electron chi connectivity index (χ1n) is 3.43. The van der Waals surface area contributed by atoms with Crippen LogP contribution in [0.15, 0.2) is 0 Å². The Morgan fingerprint density at radius 2 is 2.25 bits per heavy atom. The van der Waals surface area contributed by atoms with Gasteiger partial charge in [0.2, 0.25) is 6.04 Å². The van der Waals surface area contributed by atoms with Crippen molar-refractivity contribution in [2.75, 3.05) is 6.61 Å². The lowest BCUT2D eigenvalue weighted by Crippen LogP contribution is -2.38. The molecule has 6 heteroatoms. The van der Waals surface area contributed by atoms with Crippen LogP contribution in [0.3, 0.4) is 0 Å². The summed E-state index contributed by atoms with van der Waals surface area (Å²) in [6, 6.07) is -1.85. The number of ether oxygens (including phenoxy) is 1. The largest absolute Gasteiger partial charge is 0.464 e. The molecule has 0 aromatic heterocycles. The number of esters is 1. The van der Waals surface area contributed by atoms with Gasteiger partial charge in [-0.25, -0.2) is 9.59 Å². The first kappa shape index (κ1) is 8.51. The summed E-state index contributed by atoms with van der Waals surface area (Å²) in [5.41, 5.74) is 0. The zero-order valence-electron chi connectivity index (χ0n) is 6.42. The minimum Gasteiger partial charge on any atom is -0.464 e. The monoisotopic (exact) mass is 172 g/mol. The molecule has 66 valence electrons. The fourth-order valence-corrected chi connectivity index (χ4v) is 0.808. The van der Waals surface area contributed by atoms with Crippen LogP contribution in [-0.2, 0) is 14.3 Å². The third kappa shape index (κ3) is 1.52. The molecule has 1 saturated heterocycles. The molecule has 6 nitrogen and oxygen atoms in total. The average Bonchev–Trinajstić information content (AvgIpc) is 2.30. The van der Waals surface area contributed by atoms with Gasteiger partial charge in [0.15, 0.2) is 0 Å². The number of hydrogen-bond donors (Lipinski definition) is 2. The Kier molecular flexibility index (Phi) is 2.27. The van der Waals surface area contributed by atoms with Gasteiger partial charge in [-0.05, 0) is 6.92 Å². The summed E-state index contributed by atoms with van der Waals surface area (Å²) in [7, 11) is 0. The maximum atomic E-state index is 10.9. The van der Waals surface area contributed by atoms with E-state index in [0.29, 0.717) is 0 Å². The Labute approximate surface area is 68.3 Å². The van der Waals surface area contributed by atoms with Crippen molar-refractivity contribution >= 4 is 17.9 Å². The lowest BCUT2D eigenvalue weighted by molar-refractivity contribution is -0.147. The van der Waals surface area contributed by atoms with Crippen LogP contribution < -0.4 is 10.6 Å². The molecule has 0 aliphatic carbocycles. The number of imide groups is 1. The molecule has 0 bridgehead atoms. The molecule has 0 radical (unpaired) electrons. The minimum absolute atomic E-state index is 0.179. The zero-order valence-corrected chi connectivity index (χ0v) is 6.42. The fraction of sp³-hybridized carbons (Fsp3) is 0.500. The second kappa shape index (κ2) is 3.21. The highest BCUT2D eigenvalue weighted by Gasteiger charge is 2.36. The molecule has 1 heterocycles. The van der Waals surface area contributed by atoms with Crippen LogP contribution in [0.25, 0.3) is 0 Å². The lowest BCUT2D eigenvalue weighted by atomic mass is 10.3. The number of urea groups is 1. The molecular formula is C6H8N2O4. The summed E-state index contributed by atoms with van der Waals surface area (Å²) < 4.78 is 4.53. The van der Waals surface area contributed by atoms with E-state index in [0.717, 1.165) is 0 Å². The predicted molar refractivity (Wildman–Crippen MR) is 37.1 cm³/mol. The summed E-state index contributed by atoms with van der Waals surface area (Å²) in [6.07, 6.45) is 0. The summed E-state index contributed by atoms with van der Waals surface area (Å²) in [4.78, 5) is 32.2. The SMILES string of the molecule is CCOC(=O)C1NC(=O)NC1=O. The van der Waals surface area contributed by atoms with Crippen molar-refractivity contribution in [3.8, 4) is 0 Å². The van der Waals surface area contributed by atoms with Gasteiger partial charge in [0.25, 0.3) is 5.91 Å². The Morgan fingerprint density at radius 1 is 1.58 bits per heavy atom. The molecule has 3 amide bonds. The van der Waals surface area contributed by atoms with E-state index in [4.69, 9.17) is 0 Å². The molecule has 1 aliphatic heterocycles. The maximum absolute atomic E-state index is 10.9. The van der Waals surface area contributed by atoms with Crippen LogP contribution >= 0.6 is 0 Å². The van der Waals surface area contributed by atoms with E-state index in [2.05, 4.69) is 10.1 Å². The Morgan fingerprint density at radius 3 is 2.67 bits per heavy atom. The van der Waals surface area contributed by atoms with Crippen LogP contribution in [0, 0.1) is 0 Å². The first-order valence-corrected chi connectivity index (χ1v) is 3.43. The van der Waals surface area contributed by atoms with Crippen molar-refractivity contribution in [2.45, 2.75) is 13.0 Å². The van der Waals surface area contributed by atoms with Gasteiger partial charge in [0.1, 0.15) is 0 Å². The van der Waals surface area contributed by atoms with Crippen LogP contribution in [-0.4, -0.2) is 30.6 Å². The predicted octanol–water partition coefficient (Wildman–Crippen LogP) is -1.24. The standard InChI is InChI=1S/C6H8N2O4/c1-2-12-5(10)3-4(9)8-6(11)7-3/h3H,2H2,1H3,(H2,7,8,9,11). The average molecular weight is 172 g/mol. The smallest absolute Gasteiger partial charge is 0.338 e. The highest BCUT2D eigenvalue weighted by atomic mass is 16.5. The fourth-order valence-electron chi connectivity index (χ4n) is 0.808. The van der Waals surface area contributed by atoms with Crippen molar-refractivity contribution in [1.82, 2.24) is 10.6 Å². The van der Waals surface area contributed by atoms with Crippen LogP contribution in [0.4, 0.5) is 4.79 Å². The van der Waals surface area contributed by atoms with E-state index < -0.39 is 23.9 Å². The highest BCUT2D eigenvalue weighted by Crippen LogP contribution is 1.95. The topological polar surface area (TPSA) is 84.5 Å². The molecule has 0 aromatic carbocycles. The molecule has 1 aliphatic rings. The van der Waals surface area contributed by atoms with Gasteiger partial charge in [-0.15, -0.1) is 0 Å².